The van der Waals surface area contributed by atoms with Gasteiger partial charge in [0, 0.05) is 17.0 Å². The van der Waals surface area contributed by atoms with Crippen LogP contribution in [-0.4, -0.2) is 29.0 Å². The number of likely N-dealkylation sites (N-methyl/N-ethyl adjacent to an activating group) is 1. The molecule has 0 N–H and O–H groups in total. The normalized spacial score (nSPS) is 43.0. The van der Waals surface area contributed by atoms with Gasteiger partial charge >= 0.3 is 0 Å². The van der Waals surface area contributed by atoms with E-state index in [1.807, 2.05) is 0 Å². The van der Waals surface area contributed by atoms with Gasteiger partial charge in [0.2, 0.25) is 0 Å². The van der Waals surface area contributed by atoms with Crippen LogP contribution < -0.4 is 0 Å². The van der Waals surface area contributed by atoms with Crippen LogP contribution in [-0.2, 0) is 0 Å². The number of rotatable bonds is 1. The lowest BCUT2D eigenvalue weighted by Gasteiger charge is -1.81. The van der Waals surface area contributed by atoms with Crippen LogP contribution in [0.5, 0.6) is 0 Å². The Labute approximate surface area is 51.8 Å². The van der Waals surface area contributed by atoms with Gasteiger partial charge in [0.15, 0.2) is 0 Å². The van der Waals surface area contributed by atoms with E-state index in [1.54, 1.807) is 0 Å². The fourth-order valence-electron chi connectivity index (χ4n) is 0.452. The van der Waals surface area contributed by atoms with Crippen LogP contribution in [0.25, 0.3) is 0 Å². The third-order valence-corrected chi connectivity index (χ3v) is 2.18. The number of hydrogen-bond acceptors (Lipinski definition) is 1. The van der Waals surface area contributed by atoms with E-state index in [0.29, 0.717) is 0 Å². The van der Waals surface area contributed by atoms with Crippen LogP contribution >= 0.6 is 22.6 Å². The molecular formula is C4H8IN. The SMILES string of the molecule is CN1CC1CI. The van der Waals surface area contributed by atoms with Crippen molar-refractivity contribution in [3.8, 4) is 0 Å². The molecule has 1 rings (SSSR count). The standard InChI is InChI=1S/C4H8IN/c1-6-3-4(6)2-5/h4H,2-3H2,1H3. The van der Waals surface area contributed by atoms with E-state index in [2.05, 4.69) is 34.5 Å². The smallest absolute Gasteiger partial charge is 0.0310 e. The lowest BCUT2D eigenvalue weighted by molar-refractivity contribution is 0.645. The molecule has 0 aromatic rings. The molecule has 2 unspecified atom stereocenters. The van der Waals surface area contributed by atoms with E-state index < -0.39 is 0 Å². The minimum Gasteiger partial charge on any atom is -0.300 e. The van der Waals surface area contributed by atoms with Crippen LogP contribution in [0.2, 0.25) is 0 Å². The van der Waals surface area contributed by atoms with Crippen molar-refractivity contribution in [2.45, 2.75) is 6.04 Å². The first kappa shape index (κ1) is 4.84. The van der Waals surface area contributed by atoms with E-state index in [0.717, 1.165) is 6.04 Å². The lowest BCUT2D eigenvalue weighted by Crippen LogP contribution is -1.92. The summed E-state index contributed by atoms with van der Waals surface area (Å²) in [5.41, 5.74) is 0. The first-order chi connectivity index (χ1) is 2.84. The molecule has 0 saturated carbocycles. The van der Waals surface area contributed by atoms with Gasteiger partial charge in [-0.1, -0.05) is 22.6 Å². The van der Waals surface area contributed by atoms with E-state index in [9.17, 15) is 0 Å². The second-order valence-electron chi connectivity index (χ2n) is 1.75. The Kier molecular flexibility index (Phi) is 1.34. The van der Waals surface area contributed by atoms with Crippen molar-refractivity contribution >= 4 is 22.6 Å². The molecule has 0 spiro atoms. The molecule has 0 aromatic heterocycles. The highest BCUT2D eigenvalue weighted by Crippen LogP contribution is 2.14. The third-order valence-electron chi connectivity index (χ3n) is 1.17. The molecule has 2 atom stereocenters. The van der Waals surface area contributed by atoms with Crippen LogP contribution in [0.3, 0.4) is 0 Å². The Morgan fingerprint density at radius 2 is 2.50 bits per heavy atom. The Hall–Kier alpha value is 0.690. The van der Waals surface area contributed by atoms with Crippen molar-refractivity contribution in [3.05, 3.63) is 0 Å². The molecule has 36 valence electrons. The third kappa shape index (κ3) is 0.846. The van der Waals surface area contributed by atoms with Gasteiger partial charge in [0.1, 0.15) is 0 Å². The van der Waals surface area contributed by atoms with Gasteiger partial charge in [-0.3, -0.25) is 4.90 Å². The summed E-state index contributed by atoms with van der Waals surface area (Å²) in [4.78, 5) is 2.34. The average molecular weight is 197 g/mol. The molecule has 1 aliphatic rings. The summed E-state index contributed by atoms with van der Waals surface area (Å²) in [6.45, 7) is 1.32. The second-order valence-corrected chi connectivity index (χ2v) is 2.63. The highest BCUT2D eigenvalue weighted by Gasteiger charge is 2.27. The molecule has 1 fully saturated rings. The Morgan fingerprint density at radius 1 is 2.00 bits per heavy atom. The first-order valence-electron chi connectivity index (χ1n) is 2.11. The molecule has 1 heterocycles. The van der Waals surface area contributed by atoms with Gasteiger partial charge in [-0.15, -0.1) is 0 Å². The summed E-state index contributed by atoms with van der Waals surface area (Å²) in [7, 11) is 2.16. The van der Waals surface area contributed by atoms with E-state index in [1.165, 1.54) is 11.0 Å². The number of hydrogen-bond donors (Lipinski definition) is 0. The van der Waals surface area contributed by atoms with Crippen molar-refractivity contribution in [1.82, 2.24) is 4.90 Å². The Bertz CT molecular complexity index is 53.5. The van der Waals surface area contributed by atoms with Crippen LogP contribution in [0.1, 0.15) is 0 Å². The van der Waals surface area contributed by atoms with Gasteiger partial charge in [-0.25, -0.2) is 0 Å². The molecule has 0 bridgehead atoms. The van der Waals surface area contributed by atoms with E-state index in [4.69, 9.17) is 0 Å². The second kappa shape index (κ2) is 1.66. The molecule has 1 nitrogen and oxygen atoms in total. The minimum atomic E-state index is 0.922. The molecule has 0 radical (unpaired) electrons. The zero-order valence-electron chi connectivity index (χ0n) is 3.82. The molecular weight excluding hydrogens is 189 g/mol. The largest absolute Gasteiger partial charge is 0.300 e. The van der Waals surface area contributed by atoms with Crippen LogP contribution in [0.4, 0.5) is 0 Å². The summed E-state index contributed by atoms with van der Waals surface area (Å²) in [6, 6.07) is 0.922. The zero-order valence-corrected chi connectivity index (χ0v) is 5.97. The average Bonchev–Trinajstić information content (AvgIpc) is 2.19. The summed E-state index contributed by atoms with van der Waals surface area (Å²) >= 11 is 2.41. The monoisotopic (exact) mass is 197 g/mol. The number of alkyl halides is 1. The maximum Gasteiger partial charge on any atom is 0.0310 e. The van der Waals surface area contributed by atoms with Gasteiger partial charge < -0.3 is 0 Å². The van der Waals surface area contributed by atoms with Crippen LogP contribution in [0, 0.1) is 0 Å². The summed E-state index contributed by atoms with van der Waals surface area (Å²) in [5, 5.41) is 0. The maximum absolute atomic E-state index is 2.41. The topological polar surface area (TPSA) is 3.01 Å². The number of halogens is 1. The van der Waals surface area contributed by atoms with Crippen molar-refractivity contribution in [3.63, 3.8) is 0 Å². The van der Waals surface area contributed by atoms with E-state index >= 15 is 0 Å². The lowest BCUT2D eigenvalue weighted by atomic mass is 10.6. The van der Waals surface area contributed by atoms with Crippen molar-refractivity contribution < 1.29 is 0 Å². The molecule has 0 amide bonds. The summed E-state index contributed by atoms with van der Waals surface area (Å²) in [5.74, 6) is 0. The van der Waals surface area contributed by atoms with E-state index in [-0.39, 0.29) is 0 Å². The fraction of sp³-hybridized carbons (Fsp3) is 1.00. The highest BCUT2D eigenvalue weighted by molar-refractivity contribution is 14.1. The zero-order chi connectivity index (χ0) is 4.57. The maximum atomic E-state index is 2.41. The Morgan fingerprint density at radius 3 is 2.50 bits per heavy atom. The predicted octanol–water partition coefficient (Wildman–Crippen LogP) is 0.735. The van der Waals surface area contributed by atoms with Gasteiger partial charge in [-0.2, -0.15) is 0 Å². The van der Waals surface area contributed by atoms with Gasteiger partial charge in [0.05, 0.1) is 0 Å². The van der Waals surface area contributed by atoms with Crippen molar-refractivity contribution in [2.75, 3.05) is 18.0 Å². The van der Waals surface area contributed by atoms with Gasteiger partial charge in [0.25, 0.3) is 0 Å². The quantitative estimate of drug-likeness (QED) is 0.340. The molecule has 2 heteroatoms. The Balaban J connectivity index is 2.09. The molecule has 0 aromatic carbocycles. The minimum absolute atomic E-state index is 0.922. The summed E-state index contributed by atoms with van der Waals surface area (Å²) in [6.07, 6.45) is 0. The fourth-order valence-corrected chi connectivity index (χ4v) is 1.40. The van der Waals surface area contributed by atoms with Gasteiger partial charge in [-0.05, 0) is 7.05 Å². The first-order valence-corrected chi connectivity index (χ1v) is 3.63. The number of nitrogens with zero attached hydrogens (tertiary/aromatic N) is 1. The summed E-state index contributed by atoms with van der Waals surface area (Å²) < 4.78 is 1.30. The molecule has 6 heavy (non-hydrogen) atoms. The molecule has 1 aliphatic heterocycles. The molecule has 0 aliphatic carbocycles. The highest BCUT2D eigenvalue weighted by atomic mass is 127. The van der Waals surface area contributed by atoms with Crippen molar-refractivity contribution in [1.29, 1.82) is 0 Å². The molecule has 1 saturated heterocycles. The predicted molar refractivity (Wildman–Crippen MR) is 35.3 cm³/mol. The van der Waals surface area contributed by atoms with Crippen LogP contribution in [0.15, 0.2) is 0 Å². The van der Waals surface area contributed by atoms with Crippen molar-refractivity contribution in [2.24, 2.45) is 0 Å².